The van der Waals surface area contributed by atoms with E-state index in [4.69, 9.17) is 0 Å². The minimum absolute atomic E-state index is 0.00344. The van der Waals surface area contributed by atoms with Crippen molar-refractivity contribution in [1.82, 2.24) is 4.98 Å². The van der Waals surface area contributed by atoms with E-state index in [1.807, 2.05) is 26.0 Å². The molecule has 1 aromatic carbocycles. The van der Waals surface area contributed by atoms with Crippen molar-refractivity contribution in [3.05, 3.63) is 53.7 Å². The van der Waals surface area contributed by atoms with Crippen LogP contribution in [0.5, 0.6) is 0 Å². The summed E-state index contributed by atoms with van der Waals surface area (Å²) in [6, 6.07) is 12.2. The number of Topliss-reactive ketones (excluding diaryl/α,β-unsaturated/α-hetero) is 1. The highest BCUT2D eigenvalue weighted by molar-refractivity contribution is 5.97. The second-order valence-electron chi connectivity index (χ2n) is 6.78. The van der Waals surface area contributed by atoms with Crippen LogP contribution in [0.1, 0.15) is 50.5 Å². The molecule has 0 saturated carbocycles. The van der Waals surface area contributed by atoms with E-state index in [1.54, 1.807) is 6.20 Å². The van der Waals surface area contributed by atoms with Crippen molar-refractivity contribution in [2.75, 3.05) is 0 Å². The van der Waals surface area contributed by atoms with E-state index in [0.717, 1.165) is 11.3 Å². The molecule has 2 nitrogen and oxygen atoms in total. The van der Waals surface area contributed by atoms with Gasteiger partial charge in [-0.05, 0) is 23.1 Å². The Hall–Kier alpha value is -1.96. The summed E-state index contributed by atoms with van der Waals surface area (Å²) in [5.41, 5.74) is 4.11. The predicted octanol–water partition coefficient (Wildman–Crippen LogP) is 4.88. The minimum Gasteiger partial charge on any atom is -0.294 e. The van der Waals surface area contributed by atoms with Crippen molar-refractivity contribution in [3.63, 3.8) is 0 Å². The summed E-state index contributed by atoms with van der Waals surface area (Å²) < 4.78 is 0. The first-order chi connectivity index (χ1) is 9.79. The third-order valence-corrected chi connectivity index (χ3v) is 3.62. The molecule has 21 heavy (non-hydrogen) atoms. The third-order valence-electron chi connectivity index (χ3n) is 3.62. The molecule has 0 radical (unpaired) electrons. The van der Waals surface area contributed by atoms with Gasteiger partial charge in [0, 0.05) is 23.2 Å². The van der Waals surface area contributed by atoms with E-state index < -0.39 is 0 Å². The van der Waals surface area contributed by atoms with Crippen LogP contribution in [-0.4, -0.2) is 10.8 Å². The smallest absolute Gasteiger partial charge is 0.166 e. The fraction of sp³-hybridized carbons (Fsp3) is 0.368. The molecule has 110 valence electrons. The molecule has 0 bridgehead atoms. The van der Waals surface area contributed by atoms with E-state index in [2.05, 4.69) is 50.0 Å². The summed E-state index contributed by atoms with van der Waals surface area (Å²) >= 11 is 0. The number of nitrogens with zero attached hydrogens (tertiary/aromatic N) is 1. The lowest BCUT2D eigenvalue weighted by Gasteiger charge is -2.19. The van der Waals surface area contributed by atoms with Gasteiger partial charge in [0.2, 0.25) is 0 Å². The average Bonchev–Trinajstić information content (AvgIpc) is 2.46. The van der Waals surface area contributed by atoms with Crippen LogP contribution in [0.25, 0.3) is 11.3 Å². The summed E-state index contributed by atoms with van der Waals surface area (Å²) in [4.78, 5) is 16.3. The molecule has 0 spiro atoms. The van der Waals surface area contributed by atoms with Crippen molar-refractivity contribution in [2.45, 2.75) is 40.0 Å². The first kappa shape index (κ1) is 15.4. The molecular weight excluding hydrogens is 258 g/mol. The largest absolute Gasteiger partial charge is 0.294 e. The summed E-state index contributed by atoms with van der Waals surface area (Å²) in [5.74, 6) is 0.140. The second-order valence-corrected chi connectivity index (χ2v) is 6.78. The number of carbonyl (C=O) groups is 1. The Morgan fingerprint density at radius 3 is 2.05 bits per heavy atom. The van der Waals surface area contributed by atoms with E-state index in [1.165, 1.54) is 5.56 Å². The van der Waals surface area contributed by atoms with Gasteiger partial charge >= 0.3 is 0 Å². The molecule has 2 aromatic rings. The lowest BCUT2D eigenvalue weighted by molar-refractivity contribution is 0.0939. The van der Waals surface area contributed by atoms with E-state index in [-0.39, 0.29) is 17.1 Å². The van der Waals surface area contributed by atoms with Gasteiger partial charge in [0.25, 0.3) is 0 Å². The van der Waals surface area contributed by atoms with Gasteiger partial charge in [-0.3, -0.25) is 9.78 Å². The first-order valence-electron chi connectivity index (χ1n) is 7.40. The second kappa shape index (κ2) is 5.80. The molecule has 0 aliphatic heterocycles. The highest BCUT2D eigenvalue weighted by atomic mass is 16.1. The van der Waals surface area contributed by atoms with Crippen molar-refractivity contribution in [3.8, 4) is 11.3 Å². The number of hydrogen-bond donors (Lipinski definition) is 0. The average molecular weight is 281 g/mol. The van der Waals surface area contributed by atoms with Crippen LogP contribution in [0.2, 0.25) is 0 Å². The fourth-order valence-electron chi connectivity index (χ4n) is 2.18. The van der Waals surface area contributed by atoms with Gasteiger partial charge in [0.1, 0.15) is 0 Å². The summed E-state index contributed by atoms with van der Waals surface area (Å²) in [6.45, 7) is 10.4. The van der Waals surface area contributed by atoms with Gasteiger partial charge < -0.3 is 0 Å². The van der Waals surface area contributed by atoms with Crippen molar-refractivity contribution in [1.29, 1.82) is 0 Å². The number of hydrogen-bond acceptors (Lipinski definition) is 2. The van der Waals surface area contributed by atoms with Gasteiger partial charge in [-0.2, -0.15) is 0 Å². The number of pyridine rings is 1. The molecule has 1 aromatic heterocycles. The van der Waals surface area contributed by atoms with Gasteiger partial charge in [-0.25, -0.2) is 0 Å². The van der Waals surface area contributed by atoms with Crippen molar-refractivity contribution in [2.24, 2.45) is 5.92 Å². The molecule has 2 heteroatoms. The van der Waals surface area contributed by atoms with Gasteiger partial charge in [-0.15, -0.1) is 0 Å². The predicted molar refractivity (Wildman–Crippen MR) is 87.5 cm³/mol. The molecule has 0 aliphatic carbocycles. The number of aromatic nitrogens is 1. The Kier molecular flexibility index (Phi) is 4.26. The fourth-order valence-corrected chi connectivity index (χ4v) is 2.18. The maximum Gasteiger partial charge on any atom is 0.166 e. The van der Waals surface area contributed by atoms with Crippen molar-refractivity contribution < 1.29 is 4.79 Å². The first-order valence-corrected chi connectivity index (χ1v) is 7.40. The number of carbonyl (C=O) groups excluding carboxylic acids is 1. The van der Waals surface area contributed by atoms with Gasteiger partial charge in [0.15, 0.2) is 5.78 Å². The van der Waals surface area contributed by atoms with Crippen LogP contribution in [0.15, 0.2) is 42.6 Å². The SMILES string of the molecule is CC(C)C(=O)c1ccc(-c2ccc(C(C)(C)C)cc2)nc1. The molecule has 0 amide bonds. The van der Waals surface area contributed by atoms with Crippen LogP contribution in [0, 0.1) is 5.92 Å². The van der Waals surface area contributed by atoms with Crippen LogP contribution < -0.4 is 0 Å². The molecule has 0 N–H and O–H groups in total. The summed E-state index contributed by atoms with van der Waals surface area (Å²) in [6.07, 6.45) is 1.68. The Bertz CT molecular complexity index is 616. The van der Waals surface area contributed by atoms with Crippen LogP contribution in [0.3, 0.4) is 0 Å². The van der Waals surface area contributed by atoms with E-state index in [9.17, 15) is 4.79 Å². The standard InChI is InChI=1S/C19H23NO/c1-13(2)18(21)15-8-11-17(20-12-15)14-6-9-16(10-7-14)19(3,4)5/h6-13H,1-5H3. The lowest BCUT2D eigenvalue weighted by atomic mass is 9.86. The van der Waals surface area contributed by atoms with Crippen LogP contribution in [-0.2, 0) is 5.41 Å². The number of ketones is 1. The highest BCUT2D eigenvalue weighted by Gasteiger charge is 2.14. The molecular formula is C19H23NO. The van der Waals surface area contributed by atoms with E-state index in [0.29, 0.717) is 5.56 Å². The molecule has 0 fully saturated rings. The Morgan fingerprint density at radius 2 is 1.62 bits per heavy atom. The Morgan fingerprint density at radius 1 is 1.00 bits per heavy atom. The maximum atomic E-state index is 11.9. The molecule has 2 rings (SSSR count). The molecule has 0 aliphatic rings. The maximum absolute atomic E-state index is 11.9. The number of benzene rings is 1. The molecule has 1 heterocycles. The van der Waals surface area contributed by atoms with E-state index >= 15 is 0 Å². The quantitative estimate of drug-likeness (QED) is 0.750. The van der Waals surface area contributed by atoms with Gasteiger partial charge in [0.05, 0.1) is 5.69 Å². The molecule has 0 atom stereocenters. The van der Waals surface area contributed by atoms with Crippen LogP contribution >= 0.6 is 0 Å². The molecule has 0 saturated heterocycles. The number of rotatable bonds is 3. The zero-order valence-electron chi connectivity index (χ0n) is 13.5. The van der Waals surface area contributed by atoms with Crippen molar-refractivity contribution >= 4 is 5.78 Å². The summed E-state index contributed by atoms with van der Waals surface area (Å²) in [5, 5.41) is 0. The monoisotopic (exact) mass is 281 g/mol. The Labute approximate surface area is 127 Å². The normalized spacial score (nSPS) is 11.7. The minimum atomic E-state index is 0.00344. The van der Waals surface area contributed by atoms with Gasteiger partial charge in [-0.1, -0.05) is 58.9 Å². The third kappa shape index (κ3) is 3.57. The topological polar surface area (TPSA) is 30.0 Å². The zero-order chi connectivity index (χ0) is 15.6. The van der Waals surface area contributed by atoms with Crippen LogP contribution in [0.4, 0.5) is 0 Å². The lowest BCUT2D eigenvalue weighted by Crippen LogP contribution is -2.10. The Balaban J connectivity index is 2.25. The zero-order valence-corrected chi connectivity index (χ0v) is 13.5. The highest BCUT2D eigenvalue weighted by Crippen LogP contribution is 2.25. The summed E-state index contributed by atoms with van der Waals surface area (Å²) in [7, 11) is 0. The molecule has 0 unspecified atom stereocenters.